The number of amides is 1. The summed E-state index contributed by atoms with van der Waals surface area (Å²) in [6.45, 7) is 11.0. The van der Waals surface area contributed by atoms with Crippen LogP contribution in [0, 0.1) is 5.41 Å². The van der Waals surface area contributed by atoms with Crippen LogP contribution in [-0.4, -0.2) is 24.7 Å². The number of rotatable bonds is 9. The zero-order valence-electron chi connectivity index (χ0n) is 21.9. The number of carbonyl (C=O) groups excluding carboxylic acids is 2. The van der Waals surface area contributed by atoms with Gasteiger partial charge in [0.1, 0.15) is 11.5 Å². The summed E-state index contributed by atoms with van der Waals surface area (Å²) in [4.78, 5) is 24.5. The number of hydrazone groups is 1. The summed E-state index contributed by atoms with van der Waals surface area (Å²) in [5.41, 5.74) is 5.04. The first-order chi connectivity index (χ1) is 17.4. The number of hydrogen-bond donors (Lipinski definition) is 1. The van der Waals surface area contributed by atoms with E-state index in [0.29, 0.717) is 22.6 Å². The molecule has 0 radical (unpaired) electrons. The minimum atomic E-state index is -0.466. The summed E-state index contributed by atoms with van der Waals surface area (Å²) in [5, 5.41) is 3.97. The predicted octanol–water partition coefficient (Wildman–Crippen LogP) is 6.91. The maximum Gasteiger partial charge on any atom is 0.343 e. The molecule has 0 atom stereocenters. The van der Waals surface area contributed by atoms with Gasteiger partial charge in [0.05, 0.1) is 11.8 Å². The van der Waals surface area contributed by atoms with Crippen molar-refractivity contribution in [2.45, 2.75) is 46.5 Å². The number of nitrogens with zero attached hydrogens (tertiary/aromatic N) is 1. The van der Waals surface area contributed by atoms with Crippen LogP contribution in [0.15, 0.2) is 82.4 Å². The van der Waals surface area contributed by atoms with Crippen molar-refractivity contribution in [1.82, 2.24) is 5.43 Å². The molecule has 0 saturated heterocycles. The topological polar surface area (TPSA) is 77.0 Å². The SMILES string of the molecule is CC(C)(C)CC(C)(C)c1ccc(OCC(=O)N/N=C/c2cccc(OC(=O)c3cccc(Br)c3)c2)cc1. The van der Waals surface area contributed by atoms with E-state index >= 15 is 0 Å². The molecule has 0 heterocycles. The third-order valence-electron chi connectivity index (χ3n) is 5.51. The van der Waals surface area contributed by atoms with Gasteiger partial charge in [-0.15, -0.1) is 0 Å². The number of halogens is 1. The van der Waals surface area contributed by atoms with Crippen LogP contribution in [0.25, 0.3) is 0 Å². The lowest BCUT2D eigenvalue weighted by atomic mass is 9.72. The molecule has 0 bridgehead atoms. The van der Waals surface area contributed by atoms with Crippen molar-refractivity contribution in [3.05, 3.63) is 94.0 Å². The van der Waals surface area contributed by atoms with Crippen molar-refractivity contribution in [2.24, 2.45) is 10.5 Å². The zero-order valence-corrected chi connectivity index (χ0v) is 23.5. The largest absolute Gasteiger partial charge is 0.484 e. The molecule has 0 unspecified atom stereocenters. The van der Waals surface area contributed by atoms with Crippen molar-refractivity contribution in [1.29, 1.82) is 0 Å². The van der Waals surface area contributed by atoms with Crippen LogP contribution in [0.3, 0.4) is 0 Å². The van der Waals surface area contributed by atoms with E-state index in [0.717, 1.165) is 10.9 Å². The van der Waals surface area contributed by atoms with Crippen LogP contribution in [0.2, 0.25) is 0 Å². The molecule has 0 aliphatic rings. The van der Waals surface area contributed by atoms with Crippen LogP contribution < -0.4 is 14.9 Å². The van der Waals surface area contributed by atoms with Crippen molar-refractivity contribution >= 4 is 34.0 Å². The molecular weight excluding hydrogens is 532 g/mol. The van der Waals surface area contributed by atoms with Crippen molar-refractivity contribution in [2.75, 3.05) is 6.61 Å². The summed E-state index contributed by atoms with van der Waals surface area (Å²) < 4.78 is 11.8. The monoisotopic (exact) mass is 564 g/mol. The minimum Gasteiger partial charge on any atom is -0.484 e. The van der Waals surface area contributed by atoms with Gasteiger partial charge in [0.15, 0.2) is 6.61 Å². The number of esters is 1. The molecule has 37 heavy (non-hydrogen) atoms. The third kappa shape index (κ3) is 9.17. The Kier molecular flexibility index (Phi) is 9.27. The van der Waals surface area contributed by atoms with E-state index in [-0.39, 0.29) is 23.3 Å². The molecule has 194 valence electrons. The smallest absolute Gasteiger partial charge is 0.343 e. The van der Waals surface area contributed by atoms with Gasteiger partial charge >= 0.3 is 5.97 Å². The highest BCUT2D eigenvalue weighted by Crippen LogP contribution is 2.36. The van der Waals surface area contributed by atoms with Crippen molar-refractivity contribution in [3.8, 4) is 11.5 Å². The molecular formula is C30H33BrN2O4. The van der Waals surface area contributed by atoms with E-state index in [9.17, 15) is 9.59 Å². The number of ether oxygens (including phenoxy) is 2. The second-order valence-corrected chi connectivity index (χ2v) is 11.6. The molecule has 0 fully saturated rings. The zero-order chi connectivity index (χ0) is 27.1. The first-order valence-corrected chi connectivity index (χ1v) is 12.8. The Bertz CT molecular complexity index is 1260. The van der Waals surface area contributed by atoms with E-state index in [2.05, 4.69) is 61.1 Å². The Morgan fingerprint density at radius 1 is 0.919 bits per heavy atom. The predicted molar refractivity (Wildman–Crippen MR) is 150 cm³/mol. The molecule has 3 aromatic rings. The lowest BCUT2D eigenvalue weighted by molar-refractivity contribution is -0.123. The summed E-state index contributed by atoms with van der Waals surface area (Å²) in [6.07, 6.45) is 2.53. The highest BCUT2D eigenvalue weighted by atomic mass is 79.9. The first kappa shape index (κ1) is 28.1. The Hall–Kier alpha value is -3.45. The average Bonchev–Trinajstić information content (AvgIpc) is 2.82. The van der Waals surface area contributed by atoms with E-state index in [1.165, 1.54) is 11.8 Å². The molecule has 0 aliphatic heterocycles. The van der Waals surface area contributed by atoms with Gasteiger partial charge in [-0.2, -0.15) is 5.10 Å². The number of benzene rings is 3. The molecule has 3 rings (SSSR count). The summed E-state index contributed by atoms with van der Waals surface area (Å²) >= 11 is 3.34. The standard InChI is InChI=1S/C30H33BrN2O4/c1-29(2,3)20-30(4,5)23-12-14-25(15-13-23)36-19-27(34)33-32-18-21-8-6-11-26(16-21)37-28(35)22-9-7-10-24(31)17-22/h6-18H,19-20H2,1-5H3,(H,33,34)/b32-18+. The van der Waals surface area contributed by atoms with Gasteiger partial charge in [-0.1, -0.05) is 80.9 Å². The fourth-order valence-corrected chi connectivity index (χ4v) is 4.63. The molecule has 3 aromatic carbocycles. The van der Waals surface area contributed by atoms with Gasteiger partial charge in [-0.3, -0.25) is 4.79 Å². The van der Waals surface area contributed by atoms with E-state index in [1.807, 2.05) is 30.3 Å². The van der Waals surface area contributed by atoms with Gasteiger partial charge in [-0.25, -0.2) is 10.2 Å². The van der Waals surface area contributed by atoms with Gasteiger partial charge < -0.3 is 9.47 Å². The molecule has 0 spiro atoms. The van der Waals surface area contributed by atoms with E-state index in [4.69, 9.17) is 9.47 Å². The molecule has 7 heteroatoms. The van der Waals surface area contributed by atoms with Crippen molar-refractivity contribution < 1.29 is 19.1 Å². The van der Waals surface area contributed by atoms with Crippen LogP contribution >= 0.6 is 15.9 Å². The van der Waals surface area contributed by atoms with Crippen LogP contribution in [0.1, 0.15) is 62.5 Å². The highest BCUT2D eigenvalue weighted by Gasteiger charge is 2.27. The summed E-state index contributed by atoms with van der Waals surface area (Å²) in [7, 11) is 0. The van der Waals surface area contributed by atoms with Gasteiger partial charge in [0, 0.05) is 4.47 Å². The van der Waals surface area contributed by atoms with Crippen LogP contribution in [-0.2, 0) is 10.2 Å². The molecule has 0 saturated carbocycles. The molecule has 0 aliphatic carbocycles. The molecule has 6 nitrogen and oxygen atoms in total. The fourth-order valence-electron chi connectivity index (χ4n) is 4.23. The number of carbonyl (C=O) groups is 2. The molecule has 1 amide bonds. The Balaban J connectivity index is 1.49. The summed E-state index contributed by atoms with van der Waals surface area (Å²) in [5.74, 6) is 0.143. The fraction of sp³-hybridized carbons (Fsp3) is 0.300. The number of hydrogen-bond acceptors (Lipinski definition) is 5. The lowest BCUT2D eigenvalue weighted by Crippen LogP contribution is -2.25. The highest BCUT2D eigenvalue weighted by molar-refractivity contribution is 9.10. The first-order valence-electron chi connectivity index (χ1n) is 12.0. The number of nitrogens with one attached hydrogen (secondary N) is 1. The Morgan fingerprint density at radius 3 is 2.30 bits per heavy atom. The second kappa shape index (κ2) is 12.2. The van der Waals surface area contributed by atoms with Gasteiger partial charge in [0.2, 0.25) is 0 Å². The summed E-state index contributed by atoms with van der Waals surface area (Å²) in [6, 6.07) is 21.7. The maximum absolute atomic E-state index is 12.3. The molecule has 0 aromatic heterocycles. The third-order valence-corrected chi connectivity index (χ3v) is 6.00. The van der Waals surface area contributed by atoms with E-state index in [1.54, 1.807) is 42.5 Å². The second-order valence-electron chi connectivity index (χ2n) is 10.7. The quantitative estimate of drug-likeness (QED) is 0.132. The average molecular weight is 566 g/mol. The van der Waals surface area contributed by atoms with Gasteiger partial charge in [-0.05, 0) is 70.8 Å². The van der Waals surface area contributed by atoms with Gasteiger partial charge in [0.25, 0.3) is 5.91 Å². The van der Waals surface area contributed by atoms with E-state index < -0.39 is 5.97 Å². The minimum absolute atomic E-state index is 0.0389. The van der Waals surface area contributed by atoms with Crippen molar-refractivity contribution in [3.63, 3.8) is 0 Å². The van der Waals surface area contributed by atoms with Crippen LogP contribution in [0.4, 0.5) is 0 Å². The Morgan fingerprint density at radius 2 is 1.62 bits per heavy atom. The maximum atomic E-state index is 12.3. The normalized spacial score (nSPS) is 11.8. The molecule has 1 N–H and O–H groups in total. The lowest BCUT2D eigenvalue weighted by Gasteiger charge is -2.33. The Labute approximate surface area is 227 Å². The van der Waals surface area contributed by atoms with Crippen LogP contribution in [0.5, 0.6) is 11.5 Å².